The second-order valence-corrected chi connectivity index (χ2v) is 4.48. The maximum absolute atomic E-state index is 9.47. The average molecular weight is 242 g/mol. The maximum atomic E-state index is 9.47. The summed E-state index contributed by atoms with van der Waals surface area (Å²) in [7, 11) is 2.05. The Morgan fingerprint density at radius 3 is 2.28 bits per heavy atom. The third kappa shape index (κ3) is 3.08. The van der Waals surface area contributed by atoms with Gasteiger partial charge in [-0.2, -0.15) is 0 Å². The summed E-state index contributed by atoms with van der Waals surface area (Å²) in [6.07, 6.45) is 3.20. The van der Waals surface area contributed by atoms with Crippen molar-refractivity contribution < 1.29 is 5.11 Å². The number of nitrogens with zero attached hydrogens (tertiary/aromatic N) is 2. The minimum absolute atomic E-state index is 0.412. The van der Waals surface area contributed by atoms with Crippen LogP contribution < -0.4 is 4.90 Å². The summed E-state index contributed by atoms with van der Waals surface area (Å²) in [5.74, 6) is 0. The minimum atomic E-state index is -0.412. The van der Waals surface area contributed by atoms with E-state index in [0.29, 0.717) is 0 Å². The number of aliphatic hydroxyl groups is 1. The smallest absolute Gasteiger partial charge is 0.0761 e. The van der Waals surface area contributed by atoms with Crippen LogP contribution in [0.1, 0.15) is 24.2 Å². The molecule has 0 saturated heterocycles. The molecule has 2 aromatic rings. The van der Waals surface area contributed by atoms with E-state index in [1.54, 1.807) is 19.3 Å². The Kier molecular flexibility index (Phi) is 3.95. The van der Waals surface area contributed by atoms with Crippen molar-refractivity contribution >= 4 is 5.69 Å². The third-order valence-corrected chi connectivity index (χ3v) is 2.99. The molecule has 0 radical (unpaired) electrons. The second-order valence-electron chi connectivity index (χ2n) is 4.48. The van der Waals surface area contributed by atoms with Crippen molar-refractivity contribution in [3.8, 4) is 0 Å². The largest absolute Gasteiger partial charge is 0.389 e. The van der Waals surface area contributed by atoms with Crippen LogP contribution in [0.4, 0.5) is 5.69 Å². The van der Waals surface area contributed by atoms with Crippen LogP contribution in [0.2, 0.25) is 0 Å². The molecule has 0 unspecified atom stereocenters. The SMILES string of the molecule is C[C@H](O)c1ccc(N(C)Cc2ccncc2)cc1. The van der Waals surface area contributed by atoms with Crippen molar-refractivity contribution in [2.75, 3.05) is 11.9 Å². The number of aliphatic hydroxyl groups excluding tert-OH is 1. The first kappa shape index (κ1) is 12.6. The molecule has 94 valence electrons. The first-order valence-electron chi connectivity index (χ1n) is 6.05. The van der Waals surface area contributed by atoms with Gasteiger partial charge >= 0.3 is 0 Å². The van der Waals surface area contributed by atoms with Crippen LogP contribution in [0.15, 0.2) is 48.8 Å². The lowest BCUT2D eigenvalue weighted by Gasteiger charge is -2.20. The lowest BCUT2D eigenvalue weighted by molar-refractivity contribution is 0.199. The molecule has 2 rings (SSSR count). The Morgan fingerprint density at radius 1 is 1.11 bits per heavy atom. The summed E-state index contributed by atoms with van der Waals surface area (Å²) in [6, 6.07) is 12.0. The Hall–Kier alpha value is -1.87. The Bertz CT molecular complexity index is 480. The summed E-state index contributed by atoms with van der Waals surface area (Å²) in [4.78, 5) is 6.18. The first-order chi connectivity index (χ1) is 8.66. The molecule has 1 heterocycles. The Balaban J connectivity index is 2.07. The third-order valence-electron chi connectivity index (χ3n) is 2.99. The van der Waals surface area contributed by atoms with Crippen LogP contribution >= 0.6 is 0 Å². The summed E-state index contributed by atoms with van der Waals surface area (Å²) in [5, 5.41) is 9.47. The normalized spacial score (nSPS) is 12.2. The highest BCUT2D eigenvalue weighted by molar-refractivity contribution is 5.47. The highest BCUT2D eigenvalue weighted by Crippen LogP contribution is 2.19. The molecule has 18 heavy (non-hydrogen) atoms. The van der Waals surface area contributed by atoms with Gasteiger partial charge in [-0.3, -0.25) is 4.98 Å². The fraction of sp³-hybridized carbons (Fsp3) is 0.267. The molecule has 0 saturated carbocycles. The summed E-state index contributed by atoms with van der Waals surface area (Å²) in [5.41, 5.74) is 3.30. The van der Waals surface area contributed by atoms with Crippen molar-refractivity contribution in [2.24, 2.45) is 0 Å². The van der Waals surface area contributed by atoms with E-state index in [0.717, 1.165) is 17.8 Å². The number of benzene rings is 1. The highest BCUT2D eigenvalue weighted by Gasteiger charge is 2.04. The van der Waals surface area contributed by atoms with Gasteiger partial charge in [0.15, 0.2) is 0 Å². The zero-order valence-electron chi connectivity index (χ0n) is 10.7. The Morgan fingerprint density at radius 2 is 1.72 bits per heavy atom. The fourth-order valence-electron chi connectivity index (χ4n) is 1.86. The molecule has 3 nitrogen and oxygen atoms in total. The molecule has 3 heteroatoms. The van der Waals surface area contributed by atoms with Crippen molar-refractivity contribution in [2.45, 2.75) is 19.6 Å². The first-order valence-corrected chi connectivity index (χ1v) is 6.05. The van der Waals surface area contributed by atoms with E-state index in [9.17, 15) is 5.11 Å². The molecule has 0 amide bonds. The van der Waals surface area contributed by atoms with Crippen molar-refractivity contribution in [1.29, 1.82) is 0 Å². The molecular weight excluding hydrogens is 224 g/mol. The van der Waals surface area contributed by atoms with Gasteiger partial charge in [-0.25, -0.2) is 0 Å². The van der Waals surface area contributed by atoms with E-state index in [1.807, 2.05) is 36.4 Å². The topological polar surface area (TPSA) is 36.4 Å². The van der Waals surface area contributed by atoms with Gasteiger partial charge in [-0.1, -0.05) is 12.1 Å². The molecule has 0 fully saturated rings. The van der Waals surface area contributed by atoms with Crippen molar-refractivity contribution in [3.05, 3.63) is 59.9 Å². The summed E-state index contributed by atoms with van der Waals surface area (Å²) < 4.78 is 0. The molecular formula is C15H18N2O. The van der Waals surface area contributed by atoms with Gasteiger partial charge in [-0.05, 0) is 42.3 Å². The van der Waals surface area contributed by atoms with E-state index >= 15 is 0 Å². The monoisotopic (exact) mass is 242 g/mol. The number of aromatic nitrogens is 1. The van der Waals surface area contributed by atoms with E-state index in [2.05, 4.69) is 16.9 Å². The standard InChI is InChI=1S/C15H18N2O/c1-12(18)14-3-5-15(6-4-14)17(2)11-13-7-9-16-10-8-13/h3-10,12,18H,11H2,1-2H3/t12-/m0/s1. The summed E-state index contributed by atoms with van der Waals surface area (Å²) in [6.45, 7) is 2.62. The minimum Gasteiger partial charge on any atom is -0.389 e. The quantitative estimate of drug-likeness (QED) is 0.895. The lowest BCUT2D eigenvalue weighted by Crippen LogP contribution is -2.16. The fourth-order valence-corrected chi connectivity index (χ4v) is 1.86. The molecule has 1 aromatic heterocycles. The van der Waals surface area contributed by atoms with E-state index in [4.69, 9.17) is 0 Å². The van der Waals surface area contributed by atoms with Crippen LogP contribution in [0.25, 0.3) is 0 Å². The van der Waals surface area contributed by atoms with Gasteiger partial charge in [0.2, 0.25) is 0 Å². The number of anilines is 1. The summed E-state index contributed by atoms with van der Waals surface area (Å²) >= 11 is 0. The average Bonchev–Trinajstić information content (AvgIpc) is 2.40. The van der Waals surface area contributed by atoms with Gasteiger partial charge in [0, 0.05) is 31.7 Å². The zero-order chi connectivity index (χ0) is 13.0. The number of hydrogen-bond acceptors (Lipinski definition) is 3. The highest BCUT2D eigenvalue weighted by atomic mass is 16.3. The molecule has 0 spiro atoms. The molecule has 0 aliphatic carbocycles. The molecule has 1 N–H and O–H groups in total. The van der Waals surface area contributed by atoms with Gasteiger partial charge < -0.3 is 10.0 Å². The van der Waals surface area contributed by atoms with Crippen molar-refractivity contribution in [3.63, 3.8) is 0 Å². The number of hydrogen-bond donors (Lipinski definition) is 1. The van der Waals surface area contributed by atoms with Crippen LogP contribution in [-0.4, -0.2) is 17.1 Å². The van der Waals surface area contributed by atoms with Crippen LogP contribution in [-0.2, 0) is 6.54 Å². The molecule has 0 bridgehead atoms. The van der Waals surface area contributed by atoms with E-state index < -0.39 is 6.10 Å². The van der Waals surface area contributed by atoms with Gasteiger partial charge in [0.25, 0.3) is 0 Å². The van der Waals surface area contributed by atoms with Crippen LogP contribution in [0.3, 0.4) is 0 Å². The second kappa shape index (κ2) is 5.65. The van der Waals surface area contributed by atoms with E-state index in [1.165, 1.54) is 5.56 Å². The van der Waals surface area contributed by atoms with Crippen LogP contribution in [0, 0.1) is 0 Å². The maximum Gasteiger partial charge on any atom is 0.0761 e. The Labute approximate surface area is 108 Å². The van der Waals surface area contributed by atoms with Gasteiger partial charge in [0.05, 0.1) is 6.10 Å². The molecule has 1 aromatic carbocycles. The van der Waals surface area contributed by atoms with Crippen molar-refractivity contribution in [1.82, 2.24) is 4.98 Å². The lowest BCUT2D eigenvalue weighted by atomic mass is 10.1. The van der Waals surface area contributed by atoms with E-state index in [-0.39, 0.29) is 0 Å². The zero-order valence-corrected chi connectivity index (χ0v) is 10.7. The molecule has 1 atom stereocenters. The van der Waals surface area contributed by atoms with Crippen LogP contribution in [0.5, 0.6) is 0 Å². The number of pyridine rings is 1. The predicted molar refractivity (Wildman–Crippen MR) is 73.4 cm³/mol. The molecule has 0 aliphatic heterocycles. The number of rotatable bonds is 4. The van der Waals surface area contributed by atoms with Gasteiger partial charge in [0.1, 0.15) is 0 Å². The van der Waals surface area contributed by atoms with Gasteiger partial charge in [-0.15, -0.1) is 0 Å². The molecule has 0 aliphatic rings. The predicted octanol–water partition coefficient (Wildman–Crippen LogP) is 2.77.